The third-order valence-corrected chi connectivity index (χ3v) is 6.54. The van der Waals surface area contributed by atoms with Gasteiger partial charge in [-0.3, -0.25) is 9.59 Å². The molecule has 0 spiro atoms. The average molecular weight is 519 g/mol. The van der Waals surface area contributed by atoms with Crippen LogP contribution in [0.3, 0.4) is 0 Å². The lowest BCUT2D eigenvalue weighted by molar-refractivity contribution is -0.123. The molecule has 0 fully saturated rings. The minimum Gasteiger partial charge on any atom is -0.484 e. The Morgan fingerprint density at radius 1 is 0.711 bits per heavy atom. The second-order valence-corrected chi connectivity index (χ2v) is 9.77. The second-order valence-electron chi connectivity index (χ2n) is 9.77. The van der Waals surface area contributed by atoms with E-state index < -0.39 is 0 Å². The zero-order valence-electron chi connectivity index (χ0n) is 22.5. The smallest absolute Gasteiger partial charge is 0.257 e. The Balaban J connectivity index is 1.27. The predicted octanol–water partition coefficient (Wildman–Crippen LogP) is 6.23. The van der Waals surface area contributed by atoms with Crippen LogP contribution in [0.5, 0.6) is 5.75 Å². The first-order valence-corrected chi connectivity index (χ1v) is 13.5. The minimum absolute atomic E-state index is 0.00821. The molecule has 0 aliphatic heterocycles. The van der Waals surface area contributed by atoms with Gasteiger partial charge in [0, 0.05) is 25.4 Å². The highest BCUT2D eigenvalue weighted by Gasteiger charge is 2.14. The number of nitrogens with one attached hydrogen (secondary N) is 2. The van der Waals surface area contributed by atoms with Crippen molar-refractivity contribution < 1.29 is 18.7 Å². The molecule has 0 aliphatic carbocycles. The lowest BCUT2D eigenvalue weighted by atomic mass is 9.86. The lowest BCUT2D eigenvalue weighted by Gasteiger charge is -2.18. The van der Waals surface area contributed by atoms with Crippen molar-refractivity contribution in [1.29, 1.82) is 0 Å². The Kier molecular flexibility index (Phi) is 11.8. The van der Waals surface area contributed by atoms with E-state index in [2.05, 4.69) is 41.8 Å². The predicted molar refractivity (Wildman–Crippen MR) is 150 cm³/mol. The van der Waals surface area contributed by atoms with Gasteiger partial charge in [-0.1, -0.05) is 66.1 Å². The maximum atomic E-state index is 13.4. The fourth-order valence-corrected chi connectivity index (χ4v) is 4.28. The first-order chi connectivity index (χ1) is 18.4. The molecular weight excluding hydrogens is 479 g/mol. The van der Waals surface area contributed by atoms with E-state index in [1.165, 1.54) is 23.3 Å². The van der Waals surface area contributed by atoms with E-state index in [0.717, 1.165) is 43.2 Å². The standard InChI is InChI=1S/C32H39FN2O3/c1-24-9-13-26(14-10-24)30(27-15-17-28(33)18-16-27)7-3-4-8-31(36)34-21-5-6-22-35-32(37)23-38-29-19-11-25(2)12-20-29/h9-20,30H,3-8,21-23H2,1-2H3,(H,34,36)(H,35,37). The Bertz CT molecular complexity index is 1080. The number of hydrogen-bond donors (Lipinski definition) is 2. The summed E-state index contributed by atoms with van der Waals surface area (Å²) in [5.41, 5.74) is 4.65. The van der Waals surface area contributed by atoms with Gasteiger partial charge in [-0.15, -0.1) is 0 Å². The zero-order chi connectivity index (χ0) is 27.2. The summed E-state index contributed by atoms with van der Waals surface area (Å²) in [5, 5.41) is 5.81. The number of carbonyl (C=O) groups is 2. The van der Waals surface area contributed by atoms with Gasteiger partial charge in [0.2, 0.25) is 5.91 Å². The second kappa shape index (κ2) is 15.6. The van der Waals surface area contributed by atoms with E-state index in [0.29, 0.717) is 25.3 Å². The van der Waals surface area contributed by atoms with Crippen molar-refractivity contribution in [2.45, 2.75) is 58.3 Å². The van der Waals surface area contributed by atoms with Gasteiger partial charge in [-0.2, -0.15) is 0 Å². The number of unbranched alkanes of at least 4 members (excludes halogenated alkanes) is 2. The molecule has 0 bridgehead atoms. The van der Waals surface area contributed by atoms with Crippen molar-refractivity contribution in [3.63, 3.8) is 0 Å². The van der Waals surface area contributed by atoms with Crippen LogP contribution in [0.4, 0.5) is 4.39 Å². The molecular formula is C32H39FN2O3. The van der Waals surface area contributed by atoms with Crippen molar-refractivity contribution >= 4 is 11.8 Å². The molecule has 1 atom stereocenters. The number of halogens is 1. The SMILES string of the molecule is Cc1ccc(OCC(=O)NCCCCNC(=O)CCCCC(c2ccc(C)cc2)c2ccc(F)cc2)cc1. The van der Waals surface area contributed by atoms with E-state index in [4.69, 9.17) is 4.74 Å². The first-order valence-electron chi connectivity index (χ1n) is 13.5. The van der Waals surface area contributed by atoms with Crippen molar-refractivity contribution in [1.82, 2.24) is 10.6 Å². The molecule has 0 aliphatic rings. The normalized spacial score (nSPS) is 11.6. The van der Waals surface area contributed by atoms with Gasteiger partial charge in [0.05, 0.1) is 0 Å². The molecule has 0 heterocycles. The molecule has 0 saturated heterocycles. The monoisotopic (exact) mass is 518 g/mol. The Morgan fingerprint density at radius 3 is 1.84 bits per heavy atom. The van der Waals surface area contributed by atoms with Crippen LogP contribution in [0.15, 0.2) is 72.8 Å². The number of hydrogen-bond acceptors (Lipinski definition) is 3. The number of ether oxygens (including phenoxy) is 1. The molecule has 3 aromatic rings. The third kappa shape index (κ3) is 10.4. The zero-order valence-corrected chi connectivity index (χ0v) is 22.5. The Labute approximate surface area is 225 Å². The van der Waals surface area contributed by atoms with E-state index >= 15 is 0 Å². The average Bonchev–Trinajstić information content (AvgIpc) is 2.92. The molecule has 0 saturated carbocycles. The maximum absolute atomic E-state index is 13.4. The van der Waals surface area contributed by atoms with Crippen molar-refractivity contribution in [2.75, 3.05) is 19.7 Å². The van der Waals surface area contributed by atoms with E-state index in [9.17, 15) is 14.0 Å². The van der Waals surface area contributed by atoms with Crippen LogP contribution in [-0.4, -0.2) is 31.5 Å². The van der Waals surface area contributed by atoms with Crippen molar-refractivity contribution in [2.24, 2.45) is 0 Å². The number of amides is 2. The molecule has 0 radical (unpaired) electrons. The van der Waals surface area contributed by atoms with Gasteiger partial charge in [0.15, 0.2) is 6.61 Å². The topological polar surface area (TPSA) is 67.4 Å². The molecule has 3 aromatic carbocycles. The van der Waals surface area contributed by atoms with Crippen molar-refractivity contribution in [3.05, 3.63) is 101 Å². The van der Waals surface area contributed by atoms with Crippen LogP contribution in [0.25, 0.3) is 0 Å². The van der Waals surface area contributed by atoms with Crippen LogP contribution in [-0.2, 0) is 9.59 Å². The third-order valence-electron chi connectivity index (χ3n) is 6.54. The van der Waals surface area contributed by atoms with Gasteiger partial charge in [0.1, 0.15) is 11.6 Å². The molecule has 2 N–H and O–H groups in total. The molecule has 1 unspecified atom stereocenters. The number of carbonyl (C=O) groups excluding carboxylic acids is 2. The molecule has 38 heavy (non-hydrogen) atoms. The first kappa shape index (κ1) is 28.9. The molecule has 202 valence electrons. The fraction of sp³-hybridized carbons (Fsp3) is 0.375. The summed E-state index contributed by atoms with van der Waals surface area (Å²) in [5.74, 6) is 0.516. The number of aryl methyl sites for hydroxylation is 2. The van der Waals surface area contributed by atoms with Gasteiger partial charge in [-0.05, 0) is 74.9 Å². The summed E-state index contributed by atoms with van der Waals surface area (Å²) >= 11 is 0. The Morgan fingerprint density at radius 2 is 1.24 bits per heavy atom. The molecule has 3 rings (SSSR count). The van der Waals surface area contributed by atoms with Crippen LogP contribution in [0, 0.1) is 19.7 Å². The summed E-state index contributed by atoms with van der Waals surface area (Å²) < 4.78 is 18.9. The molecule has 0 aromatic heterocycles. The quantitative estimate of drug-likeness (QED) is 0.235. The number of benzene rings is 3. The Hall–Kier alpha value is -3.67. The summed E-state index contributed by atoms with van der Waals surface area (Å²) in [6, 6.07) is 22.8. The van der Waals surface area contributed by atoms with Gasteiger partial charge >= 0.3 is 0 Å². The summed E-state index contributed by atoms with van der Waals surface area (Å²) in [4.78, 5) is 24.2. The largest absolute Gasteiger partial charge is 0.484 e. The summed E-state index contributed by atoms with van der Waals surface area (Å²) in [7, 11) is 0. The minimum atomic E-state index is -0.234. The van der Waals surface area contributed by atoms with E-state index in [1.54, 1.807) is 0 Å². The lowest BCUT2D eigenvalue weighted by Crippen LogP contribution is -2.30. The van der Waals surface area contributed by atoms with Gasteiger partial charge in [0.25, 0.3) is 5.91 Å². The van der Waals surface area contributed by atoms with E-state index in [-0.39, 0.29) is 30.2 Å². The molecule has 2 amide bonds. The number of rotatable bonds is 15. The fourth-order valence-electron chi connectivity index (χ4n) is 4.28. The van der Waals surface area contributed by atoms with Crippen LogP contribution < -0.4 is 15.4 Å². The maximum Gasteiger partial charge on any atom is 0.257 e. The van der Waals surface area contributed by atoms with Gasteiger partial charge in [-0.25, -0.2) is 4.39 Å². The van der Waals surface area contributed by atoms with E-state index in [1.807, 2.05) is 43.3 Å². The summed E-state index contributed by atoms with van der Waals surface area (Å²) in [6.07, 6.45) is 4.66. The van der Waals surface area contributed by atoms with Crippen LogP contribution in [0.1, 0.15) is 66.7 Å². The van der Waals surface area contributed by atoms with Crippen molar-refractivity contribution in [3.8, 4) is 5.75 Å². The van der Waals surface area contributed by atoms with Crippen LogP contribution >= 0.6 is 0 Å². The summed E-state index contributed by atoms with van der Waals surface area (Å²) in [6.45, 7) is 5.20. The molecule has 5 nitrogen and oxygen atoms in total. The highest BCUT2D eigenvalue weighted by atomic mass is 19.1. The highest BCUT2D eigenvalue weighted by molar-refractivity contribution is 5.77. The van der Waals surface area contributed by atoms with Gasteiger partial charge < -0.3 is 15.4 Å². The van der Waals surface area contributed by atoms with Crippen LogP contribution in [0.2, 0.25) is 0 Å². The highest BCUT2D eigenvalue weighted by Crippen LogP contribution is 2.30. The molecule has 6 heteroatoms.